The third-order valence-corrected chi connectivity index (χ3v) is 17.0. The van der Waals surface area contributed by atoms with E-state index in [9.17, 15) is 4.79 Å². The van der Waals surface area contributed by atoms with Crippen LogP contribution >= 0.6 is 45.3 Å². The molecule has 2 aromatic carbocycles. The minimum absolute atomic E-state index is 0.464. The van der Waals surface area contributed by atoms with Gasteiger partial charge in [-0.05, 0) is 203 Å². The molecule has 1 nitrogen and oxygen atoms in total. The zero-order chi connectivity index (χ0) is 36.5. The SMILES string of the molecule is O=C1CCCCC1.c1cc2c(s1)-c1cc3c(cc1C2)-c1sccc1C3.c1cc2c(s1)-c1cc3c(cc1C2=C1CCCCC1)-c1sccc1C3=C1CCCCC1. The van der Waals surface area contributed by atoms with Crippen LogP contribution in [0.15, 0.2) is 81.2 Å². The van der Waals surface area contributed by atoms with Gasteiger partial charge in [0.05, 0.1) is 0 Å². The first-order valence-electron chi connectivity index (χ1n) is 20.8. The predicted molar refractivity (Wildman–Crippen MR) is 238 cm³/mol. The van der Waals surface area contributed by atoms with Crippen molar-refractivity contribution >= 4 is 62.3 Å². The van der Waals surface area contributed by atoms with E-state index in [0.29, 0.717) is 5.78 Å². The number of carbonyl (C=O) groups is 1. The van der Waals surface area contributed by atoms with Crippen LogP contribution in [0.3, 0.4) is 0 Å². The summed E-state index contributed by atoms with van der Waals surface area (Å²) in [4.78, 5) is 16.5. The second-order valence-corrected chi connectivity index (χ2v) is 20.2. The molecule has 7 aliphatic rings. The van der Waals surface area contributed by atoms with Crippen LogP contribution in [0.2, 0.25) is 0 Å². The second kappa shape index (κ2) is 14.4. The Morgan fingerprint density at radius 1 is 0.345 bits per heavy atom. The van der Waals surface area contributed by atoms with Gasteiger partial charge >= 0.3 is 0 Å². The smallest absolute Gasteiger partial charge is 0.132 e. The highest BCUT2D eigenvalue weighted by Crippen LogP contribution is 2.57. The van der Waals surface area contributed by atoms with Crippen LogP contribution in [0.4, 0.5) is 0 Å². The van der Waals surface area contributed by atoms with E-state index in [1.165, 1.54) is 157 Å². The van der Waals surface area contributed by atoms with Gasteiger partial charge in [-0.3, -0.25) is 4.79 Å². The second-order valence-electron chi connectivity index (χ2n) is 16.5. The van der Waals surface area contributed by atoms with E-state index in [1.807, 2.05) is 45.3 Å². The lowest BCUT2D eigenvalue weighted by Gasteiger charge is -2.19. The maximum absolute atomic E-state index is 10.5. The molecule has 4 aromatic heterocycles. The lowest BCUT2D eigenvalue weighted by molar-refractivity contribution is -0.120. The number of benzene rings is 2. The molecule has 6 aromatic rings. The lowest BCUT2D eigenvalue weighted by Crippen LogP contribution is -2.02. The van der Waals surface area contributed by atoms with Crippen LogP contribution in [-0.4, -0.2) is 5.78 Å². The van der Waals surface area contributed by atoms with Crippen molar-refractivity contribution in [2.75, 3.05) is 0 Å². The summed E-state index contributed by atoms with van der Waals surface area (Å²) in [5, 5.41) is 9.05. The summed E-state index contributed by atoms with van der Waals surface area (Å²) in [6.07, 6.45) is 20.9. The number of rotatable bonds is 0. The van der Waals surface area contributed by atoms with Gasteiger partial charge in [-0.25, -0.2) is 0 Å². The number of hydrogen-bond acceptors (Lipinski definition) is 5. The third kappa shape index (κ3) is 5.99. The summed E-state index contributed by atoms with van der Waals surface area (Å²) < 4.78 is 0. The Bertz CT molecular complexity index is 2370. The molecule has 7 aliphatic carbocycles. The zero-order valence-corrected chi connectivity index (χ0v) is 34.8. The fourth-order valence-corrected chi connectivity index (χ4v) is 14.3. The number of Topliss-reactive ketones (excluding diaryl/α,β-unsaturated/α-hetero) is 1. The molecular weight excluding hydrogens is 745 g/mol. The molecule has 0 unspecified atom stereocenters. The van der Waals surface area contributed by atoms with Crippen LogP contribution in [0, 0.1) is 0 Å². The number of fused-ring (bicyclic) bond motifs is 12. The molecule has 0 saturated heterocycles. The molecule has 0 bridgehead atoms. The van der Waals surface area contributed by atoms with Crippen LogP contribution in [0.1, 0.15) is 141 Å². The molecule has 0 spiro atoms. The number of allylic oxidation sites excluding steroid dienone is 2. The molecule has 55 heavy (non-hydrogen) atoms. The molecule has 13 rings (SSSR count). The fourth-order valence-electron chi connectivity index (χ4n) is 10.5. The molecule has 0 radical (unpaired) electrons. The summed E-state index contributed by atoms with van der Waals surface area (Å²) in [6, 6.07) is 19.4. The molecule has 5 heteroatoms. The summed E-state index contributed by atoms with van der Waals surface area (Å²) in [5.41, 5.74) is 24.8. The number of hydrogen-bond donors (Lipinski definition) is 0. The Labute approximate surface area is 341 Å². The van der Waals surface area contributed by atoms with Gasteiger partial charge in [0.2, 0.25) is 0 Å². The summed E-state index contributed by atoms with van der Waals surface area (Å²) in [7, 11) is 0. The van der Waals surface area contributed by atoms with Crippen molar-refractivity contribution in [3.8, 4) is 41.8 Å². The van der Waals surface area contributed by atoms with Crippen LogP contribution < -0.4 is 0 Å². The van der Waals surface area contributed by atoms with Crippen molar-refractivity contribution < 1.29 is 4.79 Å². The summed E-state index contributed by atoms with van der Waals surface area (Å²) in [6.45, 7) is 0. The van der Waals surface area contributed by atoms with E-state index in [0.717, 1.165) is 38.5 Å². The topological polar surface area (TPSA) is 17.1 Å². The van der Waals surface area contributed by atoms with E-state index in [4.69, 9.17) is 0 Å². The first kappa shape index (κ1) is 34.6. The van der Waals surface area contributed by atoms with E-state index in [-0.39, 0.29) is 0 Å². The fraction of sp³-hybridized carbons (Fsp3) is 0.340. The van der Waals surface area contributed by atoms with E-state index >= 15 is 0 Å². The minimum atomic E-state index is 0.464. The van der Waals surface area contributed by atoms with Crippen molar-refractivity contribution in [1.82, 2.24) is 0 Å². The first-order chi connectivity index (χ1) is 27.2. The average molecular weight is 791 g/mol. The van der Waals surface area contributed by atoms with Gasteiger partial charge in [-0.2, -0.15) is 0 Å². The van der Waals surface area contributed by atoms with Gasteiger partial charge in [0.1, 0.15) is 5.78 Å². The Kier molecular flexibility index (Phi) is 9.07. The Balaban J connectivity index is 0.000000118. The van der Waals surface area contributed by atoms with E-state index in [2.05, 4.69) is 70.1 Å². The highest BCUT2D eigenvalue weighted by Gasteiger charge is 2.34. The molecule has 3 saturated carbocycles. The Morgan fingerprint density at radius 3 is 1.16 bits per heavy atom. The van der Waals surface area contributed by atoms with Crippen LogP contribution in [-0.2, 0) is 17.6 Å². The van der Waals surface area contributed by atoms with E-state index in [1.54, 1.807) is 22.3 Å². The Morgan fingerprint density at radius 2 is 0.745 bits per heavy atom. The van der Waals surface area contributed by atoms with Gasteiger partial charge in [0.15, 0.2) is 0 Å². The van der Waals surface area contributed by atoms with Gasteiger partial charge in [0, 0.05) is 54.6 Å². The normalized spacial score (nSPS) is 18.3. The summed E-state index contributed by atoms with van der Waals surface area (Å²) >= 11 is 7.66. The molecule has 3 fully saturated rings. The van der Waals surface area contributed by atoms with Crippen molar-refractivity contribution in [2.24, 2.45) is 0 Å². The molecule has 0 amide bonds. The number of ketones is 1. The lowest BCUT2D eigenvalue weighted by atomic mass is 9.85. The third-order valence-electron chi connectivity index (χ3n) is 13.2. The first-order valence-corrected chi connectivity index (χ1v) is 24.3. The van der Waals surface area contributed by atoms with Gasteiger partial charge in [-0.1, -0.05) is 30.4 Å². The standard InChI is InChI=1S/C28H26S2.C16H10S2.C6H10O/c1-3-7-17(8-4-1)25-19-11-13-29-27(19)23-16-22-24(15-21(23)25)28-20(12-14-30-28)26(22)18-9-5-2-6-10-18;1-3-17-15-9(1)5-11-7-14-12(8-13(11)15)6-10-2-4-18-16(10)14;7-6-4-2-1-3-5-6/h11-16H,1-10H2;1-4,7-8H,5-6H2;1-5H2. The molecule has 276 valence electrons. The highest BCUT2D eigenvalue weighted by molar-refractivity contribution is 7.15. The van der Waals surface area contributed by atoms with Gasteiger partial charge < -0.3 is 0 Å². The maximum atomic E-state index is 10.5. The van der Waals surface area contributed by atoms with E-state index < -0.39 is 0 Å². The predicted octanol–water partition coefficient (Wildman–Crippen LogP) is 15.8. The quantitative estimate of drug-likeness (QED) is 0.150. The van der Waals surface area contributed by atoms with Gasteiger partial charge in [0.25, 0.3) is 0 Å². The molecule has 0 aliphatic heterocycles. The van der Waals surface area contributed by atoms with Crippen LogP contribution in [0.25, 0.3) is 52.9 Å². The number of carbonyl (C=O) groups excluding carboxylic acids is 1. The Hall–Kier alpha value is -3.61. The average Bonchev–Trinajstić information content (AvgIpc) is 4.07. The number of thiophene rings is 4. The van der Waals surface area contributed by atoms with Crippen LogP contribution in [0.5, 0.6) is 0 Å². The molecular formula is C50H46OS4. The minimum Gasteiger partial charge on any atom is -0.300 e. The van der Waals surface area contributed by atoms with Crippen molar-refractivity contribution in [1.29, 1.82) is 0 Å². The highest BCUT2D eigenvalue weighted by atomic mass is 32.1. The molecule has 4 heterocycles. The largest absolute Gasteiger partial charge is 0.300 e. The van der Waals surface area contributed by atoms with Crippen molar-refractivity contribution in [3.63, 3.8) is 0 Å². The zero-order valence-electron chi connectivity index (χ0n) is 31.5. The maximum Gasteiger partial charge on any atom is 0.132 e. The van der Waals surface area contributed by atoms with Crippen molar-refractivity contribution in [2.45, 2.75) is 109 Å². The van der Waals surface area contributed by atoms with Crippen molar-refractivity contribution in [3.05, 3.63) is 126 Å². The monoisotopic (exact) mass is 790 g/mol. The molecule has 0 atom stereocenters. The molecule has 0 N–H and O–H groups in total. The van der Waals surface area contributed by atoms with Gasteiger partial charge in [-0.15, -0.1) is 45.3 Å². The summed E-state index contributed by atoms with van der Waals surface area (Å²) in [5.74, 6) is 0.464.